The largest absolute Gasteiger partial charge is 0.550 e. The number of carboxylic acid groups (broad SMARTS) is 1. The van der Waals surface area contributed by atoms with Crippen LogP contribution in [-0.2, 0) is 9.59 Å². The van der Waals surface area contributed by atoms with E-state index < -0.39 is 17.8 Å². The molecule has 4 heteroatoms. The van der Waals surface area contributed by atoms with Gasteiger partial charge in [-0.3, -0.25) is 4.79 Å². The highest BCUT2D eigenvalue weighted by molar-refractivity contribution is 5.85. The molecule has 0 heterocycles. The van der Waals surface area contributed by atoms with Crippen molar-refractivity contribution in [3.8, 4) is 0 Å². The number of allylic oxidation sites excluding steroid dienone is 2. The first-order valence-corrected chi connectivity index (χ1v) is 7.25. The number of carbonyl (C=O) groups is 2. The average molecular weight is 264 g/mol. The zero-order valence-corrected chi connectivity index (χ0v) is 11.5. The normalized spacial score (nSPS) is 28.6. The van der Waals surface area contributed by atoms with Crippen molar-refractivity contribution in [2.75, 3.05) is 0 Å². The Morgan fingerprint density at radius 1 is 1.21 bits per heavy atom. The zero-order chi connectivity index (χ0) is 13.8. The number of aliphatic carboxylic acids is 1. The Bertz CT molecular complexity index is 383. The summed E-state index contributed by atoms with van der Waals surface area (Å²) in [5, 5.41) is 14.2. The fourth-order valence-corrected chi connectivity index (χ4v) is 3.16. The second kappa shape index (κ2) is 6.22. The Morgan fingerprint density at radius 3 is 2.53 bits per heavy atom. The SMILES string of the molecule is CC1=CC[C@@H](C(=O)[O-])[C@H](C(=O)NC2CCCCC2)C1. The summed E-state index contributed by atoms with van der Waals surface area (Å²) >= 11 is 0. The first-order valence-electron chi connectivity index (χ1n) is 7.25. The van der Waals surface area contributed by atoms with Gasteiger partial charge in [0.05, 0.1) is 0 Å². The lowest BCUT2D eigenvalue weighted by molar-refractivity contribution is -0.313. The lowest BCUT2D eigenvalue weighted by Gasteiger charge is -2.32. The molecule has 0 spiro atoms. The maximum absolute atomic E-state index is 12.3. The van der Waals surface area contributed by atoms with E-state index >= 15 is 0 Å². The first-order chi connectivity index (χ1) is 9.08. The molecule has 2 atom stereocenters. The van der Waals surface area contributed by atoms with E-state index in [-0.39, 0.29) is 11.9 Å². The summed E-state index contributed by atoms with van der Waals surface area (Å²) in [5.74, 6) is -2.34. The van der Waals surface area contributed by atoms with E-state index in [0.29, 0.717) is 12.8 Å². The third-order valence-corrected chi connectivity index (χ3v) is 4.34. The number of hydrogen-bond acceptors (Lipinski definition) is 3. The van der Waals surface area contributed by atoms with Crippen molar-refractivity contribution in [1.82, 2.24) is 5.32 Å². The van der Waals surface area contributed by atoms with Crippen molar-refractivity contribution >= 4 is 11.9 Å². The molecule has 1 N–H and O–H groups in total. The molecule has 2 rings (SSSR count). The Kier molecular flexibility index (Phi) is 4.61. The van der Waals surface area contributed by atoms with E-state index in [9.17, 15) is 14.7 Å². The van der Waals surface area contributed by atoms with Crippen LogP contribution in [-0.4, -0.2) is 17.9 Å². The molecule has 2 aliphatic rings. The average Bonchev–Trinajstić information content (AvgIpc) is 2.39. The molecule has 4 nitrogen and oxygen atoms in total. The van der Waals surface area contributed by atoms with Crippen LogP contribution in [0.15, 0.2) is 11.6 Å². The van der Waals surface area contributed by atoms with Crippen molar-refractivity contribution in [1.29, 1.82) is 0 Å². The minimum Gasteiger partial charge on any atom is -0.550 e. The van der Waals surface area contributed by atoms with Gasteiger partial charge in [0.1, 0.15) is 0 Å². The molecular formula is C15H22NO3-. The number of hydrogen-bond donors (Lipinski definition) is 1. The topological polar surface area (TPSA) is 69.2 Å². The van der Waals surface area contributed by atoms with Gasteiger partial charge in [0.2, 0.25) is 5.91 Å². The molecule has 0 aromatic heterocycles. The highest BCUT2D eigenvalue weighted by atomic mass is 16.4. The van der Waals surface area contributed by atoms with Crippen LogP contribution in [0.5, 0.6) is 0 Å². The van der Waals surface area contributed by atoms with Crippen LogP contribution >= 0.6 is 0 Å². The van der Waals surface area contributed by atoms with E-state index in [0.717, 1.165) is 31.3 Å². The van der Waals surface area contributed by atoms with Gasteiger partial charge >= 0.3 is 0 Å². The van der Waals surface area contributed by atoms with Gasteiger partial charge in [0.25, 0.3) is 0 Å². The van der Waals surface area contributed by atoms with E-state index in [1.54, 1.807) is 0 Å². The lowest BCUT2D eigenvalue weighted by atomic mass is 9.79. The zero-order valence-electron chi connectivity index (χ0n) is 11.5. The predicted octanol–water partition coefficient (Wildman–Crippen LogP) is 1.16. The Hall–Kier alpha value is -1.32. The number of amides is 1. The molecule has 0 aromatic rings. The second-order valence-electron chi connectivity index (χ2n) is 5.87. The van der Waals surface area contributed by atoms with Gasteiger partial charge in [-0.15, -0.1) is 0 Å². The van der Waals surface area contributed by atoms with Crippen molar-refractivity contribution in [2.24, 2.45) is 11.8 Å². The maximum Gasteiger partial charge on any atom is 0.224 e. The molecule has 1 amide bonds. The number of carboxylic acids is 1. The van der Waals surface area contributed by atoms with E-state index in [1.165, 1.54) is 6.42 Å². The maximum atomic E-state index is 12.3. The van der Waals surface area contributed by atoms with E-state index in [4.69, 9.17) is 0 Å². The van der Waals surface area contributed by atoms with E-state index in [1.807, 2.05) is 13.0 Å². The Labute approximate surface area is 114 Å². The molecular weight excluding hydrogens is 242 g/mol. The van der Waals surface area contributed by atoms with Crippen LogP contribution in [0, 0.1) is 11.8 Å². The predicted molar refractivity (Wildman–Crippen MR) is 70.0 cm³/mol. The van der Waals surface area contributed by atoms with Gasteiger partial charge in [0, 0.05) is 23.8 Å². The van der Waals surface area contributed by atoms with Crippen molar-refractivity contribution in [3.63, 3.8) is 0 Å². The van der Waals surface area contributed by atoms with Crippen molar-refractivity contribution < 1.29 is 14.7 Å². The third-order valence-electron chi connectivity index (χ3n) is 4.34. The van der Waals surface area contributed by atoms with Crippen LogP contribution in [0.4, 0.5) is 0 Å². The van der Waals surface area contributed by atoms with Crippen molar-refractivity contribution in [3.05, 3.63) is 11.6 Å². The molecule has 1 fully saturated rings. The fourth-order valence-electron chi connectivity index (χ4n) is 3.16. The first kappa shape index (κ1) is 14.1. The van der Waals surface area contributed by atoms with Crippen LogP contribution in [0.3, 0.4) is 0 Å². The number of carbonyl (C=O) groups excluding carboxylic acids is 2. The van der Waals surface area contributed by atoms with E-state index in [2.05, 4.69) is 5.32 Å². The Balaban J connectivity index is 1.98. The standard InChI is InChI=1S/C15H23NO3/c1-10-7-8-12(15(18)19)13(9-10)14(17)16-11-5-3-2-4-6-11/h7,11-13H,2-6,8-9H2,1H3,(H,16,17)(H,18,19)/p-1/t12-,13-/m1/s1. The molecule has 106 valence electrons. The van der Waals surface area contributed by atoms with Crippen LogP contribution in [0.2, 0.25) is 0 Å². The van der Waals surface area contributed by atoms with Gasteiger partial charge < -0.3 is 15.2 Å². The fraction of sp³-hybridized carbons (Fsp3) is 0.733. The second-order valence-corrected chi connectivity index (χ2v) is 5.87. The summed E-state index contributed by atoms with van der Waals surface area (Å²) in [5.41, 5.74) is 1.10. The molecule has 19 heavy (non-hydrogen) atoms. The molecule has 1 saturated carbocycles. The van der Waals surface area contributed by atoms with Gasteiger partial charge in [-0.05, 0) is 32.6 Å². The van der Waals surface area contributed by atoms with Gasteiger partial charge in [-0.25, -0.2) is 0 Å². The monoisotopic (exact) mass is 264 g/mol. The quantitative estimate of drug-likeness (QED) is 0.778. The highest BCUT2D eigenvalue weighted by Crippen LogP contribution is 2.30. The van der Waals surface area contributed by atoms with Gasteiger partial charge in [-0.1, -0.05) is 30.9 Å². The van der Waals surface area contributed by atoms with Crippen LogP contribution in [0.25, 0.3) is 0 Å². The number of rotatable bonds is 3. The molecule has 0 bridgehead atoms. The molecule has 0 aliphatic heterocycles. The highest BCUT2D eigenvalue weighted by Gasteiger charge is 2.32. The van der Waals surface area contributed by atoms with Gasteiger partial charge in [-0.2, -0.15) is 0 Å². The van der Waals surface area contributed by atoms with Crippen LogP contribution < -0.4 is 10.4 Å². The lowest BCUT2D eigenvalue weighted by Crippen LogP contribution is -2.47. The third kappa shape index (κ3) is 3.58. The molecule has 0 unspecified atom stereocenters. The molecule has 2 aliphatic carbocycles. The van der Waals surface area contributed by atoms with Gasteiger partial charge in [0.15, 0.2) is 0 Å². The molecule has 0 saturated heterocycles. The minimum atomic E-state index is -1.10. The number of nitrogens with one attached hydrogen (secondary N) is 1. The van der Waals surface area contributed by atoms with Crippen molar-refractivity contribution in [2.45, 2.75) is 57.9 Å². The summed E-state index contributed by atoms with van der Waals surface area (Å²) in [4.78, 5) is 23.4. The summed E-state index contributed by atoms with van der Waals surface area (Å²) in [6.45, 7) is 1.95. The smallest absolute Gasteiger partial charge is 0.224 e. The summed E-state index contributed by atoms with van der Waals surface area (Å²) < 4.78 is 0. The summed E-state index contributed by atoms with van der Waals surface area (Å²) in [7, 11) is 0. The minimum absolute atomic E-state index is 0.103. The summed E-state index contributed by atoms with van der Waals surface area (Å²) in [6, 6.07) is 0.231. The molecule has 0 radical (unpaired) electrons. The summed E-state index contributed by atoms with van der Waals surface area (Å²) in [6.07, 6.45) is 8.43. The van der Waals surface area contributed by atoms with Crippen LogP contribution in [0.1, 0.15) is 51.9 Å². The molecule has 0 aromatic carbocycles. The Morgan fingerprint density at radius 2 is 1.89 bits per heavy atom.